The number of carbonyl (C=O) groups excluding carboxylic acids is 1. The van der Waals surface area contributed by atoms with Gasteiger partial charge in [-0.15, -0.1) is 0 Å². The summed E-state index contributed by atoms with van der Waals surface area (Å²) in [6.45, 7) is 5.65. The molecule has 0 bridgehead atoms. The first-order valence-corrected chi connectivity index (χ1v) is 10.0. The van der Waals surface area contributed by atoms with E-state index in [1.54, 1.807) is 0 Å². The fraction of sp³-hybridized carbons (Fsp3) is 0.316. The zero-order chi connectivity index (χ0) is 19.5. The maximum atomic E-state index is 12.5. The van der Waals surface area contributed by atoms with E-state index in [-0.39, 0.29) is 23.4 Å². The van der Waals surface area contributed by atoms with Gasteiger partial charge in [-0.2, -0.15) is 4.31 Å². The van der Waals surface area contributed by atoms with Gasteiger partial charge in [-0.3, -0.25) is 4.79 Å². The first kappa shape index (κ1) is 20.4. The van der Waals surface area contributed by atoms with Crippen molar-refractivity contribution in [2.75, 3.05) is 13.6 Å². The molecule has 0 aliphatic heterocycles. The predicted molar refractivity (Wildman–Crippen MR) is 104 cm³/mol. The SMILES string of the molecule is Cc1ccc([C@@H](C)NC(=O)CN(C)S(=O)(=O)c2ccc(Cl)cc2)cc1C. The molecule has 0 radical (unpaired) electrons. The average molecular weight is 395 g/mol. The van der Waals surface area contributed by atoms with Crippen LogP contribution < -0.4 is 5.32 Å². The van der Waals surface area contributed by atoms with Crippen LogP contribution in [0.15, 0.2) is 47.4 Å². The van der Waals surface area contributed by atoms with Gasteiger partial charge >= 0.3 is 0 Å². The molecule has 2 aromatic carbocycles. The maximum absolute atomic E-state index is 12.5. The standard InChI is InChI=1S/C19H23ClN2O3S/c1-13-5-6-16(11-14(13)2)15(3)21-19(23)12-22(4)26(24,25)18-9-7-17(20)8-10-18/h5-11,15H,12H2,1-4H3,(H,21,23)/t15-/m1/s1. The molecule has 140 valence electrons. The number of rotatable bonds is 6. The first-order chi connectivity index (χ1) is 12.1. The van der Waals surface area contributed by atoms with Crippen molar-refractivity contribution in [1.82, 2.24) is 9.62 Å². The summed E-state index contributed by atoms with van der Waals surface area (Å²) in [4.78, 5) is 12.4. The molecule has 1 amide bonds. The Morgan fingerprint density at radius 3 is 2.31 bits per heavy atom. The van der Waals surface area contributed by atoms with Crippen LogP contribution in [0.4, 0.5) is 0 Å². The number of likely N-dealkylation sites (N-methyl/N-ethyl adjacent to an activating group) is 1. The number of sulfonamides is 1. The lowest BCUT2D eigenvalue weighted by molar-refractivity contribution is -0.121. The minimum absolute atomic E-state index is 0.0967. The van der Waals surface area contributed by atoms with E-state index < -0.39 is 10.0 Å². The van der Waals surface area contributed by atoms with E-state index in [1.807, 2.05) is 39.0 Å². The highest BCUT2D eigenvalue weighted by molar-refractivity contribution is 7.89. The molecule has 7 heteroatoms. The molecule has 0 heterocycles. The second kappa shape index (κ2) is 8.20. The Bertz CT molecular complexity index is 896. The number of amides is 1. The first-order valence-electron chi connectivity index (χ1n) is 8.19. The van der Waals surface area contributed by atoms with Gasteiger partial charge in [0.2, 0.25) is 15.9 Å². The molecular formula is C19H23ClN2O3S. The van der Waals surface area contributed by atoms with Gasteiger partial charge in [0, 0.05) is 12.1 Å². The van der Waals surface area contributed by atoms with Crippen LogP contribution in [0.25, 0.3) is 0 Å². The van der Waals surface area contributed by atoms with Gasteiger partial charge in [-0.25, -0.2) is 8.42 Å². The number of nitrogens with one attached hydrogen (secondary N) is 1. The van der Waals surface area contributed by atoms with Crippen molar-refractivity contribution in [1.29, 1.82) is 0 Å². The summed E-state index contributed by atoms with van der Waals surface area (Å²) in [5, 5.41) is 3.29. The molecule has 2 aromatic rings. The van der Waals surface area contributed by atoms with Crippen LogP contribution in [0, 0.1) is 13.8 Å². The highest BCUT2D eigenvalue weighted by atomic mass is 35.5. The van der Waals surface area contributed by atoms with Gasteiger partial charge < -0.3 is 5.32 Å². The molecule has 0 aliphatic carbocycles. The second-order valence-corrected chi connectivity index (χ2v) is 8.83. The Balaban J connectivity index is 2.04. The van der Waals surface area contributed by atoms with E-state index >= 15 is 0 Å². The summed E-state index contributed by atoms with van der Waals surface area (Å²) in [6.07, 6.45) is 0. The fourth-order valence-electron chi connectivity index (χ4n) is 2.48. The zero-order valence-electron chi connectivity index (χ0n) is 15.3. The molecule has 0 saturated carbocycles. The Morgan fingerprint density at radius 2 is 1.73 bits per heavy atom. The van der Waals surface area contributed by atoms with Gasteiger partial charge in [0.05, 0.1) is 17.5 Å². The summed E-state index contributed by atoms with van der Waals surface area (Å²) in [6, 6.07) is 11.6. The van der Waals surface area contributed by atoms with Crippen LogP contribution in [0.2, 0.25) is 5.02 Å². The molecule has 2 rings (SSSR count). The lowest BCUT2D eigenvalue weighted by atomic mass is 10.0. The quantitative estimate of drug-likeness (QED) is 0.815. The van der Waals surface area contributed by atoms with Crippen molar-refractivity contribution in [3.05, 3.63) is 64.2 Å². The third kappa shape index (κ3) is 4.84. The number of carbonyl (C=O) groups is 1. The second-order valence-electron chi connectivity index (χ2n) is 6.35. The van der Waals surface area contributed by atoms with Crippen LogP contribution >= 0.6 is 11.6 Å². The highest BCUT2D eigenvalue weighted by Crippen LogP contribution is 2.19. The van der Waals surface area contributed by atoms with Gasteiger partial charge in [-0.1, -0.05) is 29.8 Å². The molecule has 1 N–H and O–H groups in total. The molecule has 1 atom stereocenters. The molecule has 0 fully saturated rings. The van der Waals surface area contributed by atoms with Gasteiger partial charge in [0.1, 0.15) is 0 Å². The zero-order valence-corrected chi connectivity index (χ0v) is 16.9. The third-order valence-electron chi connectivity index (χ3n) is 4.30. The maximum Gasteiger partial charge on any atom is 0.243 e. The lowest BCUT2D eigenvalue weighted by Gasteiger charge is -2.20. The highest BCUT2D eigenvalue weighted by Gasteiger charge is 2.23. The van der Waals surface area contributed by atoms with E-state index in [0.717, 1.165) is 15.4 Å². The van der Waals surface area contributed by atoms with Crippen LogP contribution in [0.5, 0.6) is 0 Å². The third-order valence-corrected chi connectivity index (χ3v) is 6.37. The Morgan fingerprint density at radius 1 is 1.12 bits per heavy atom. The van der Waals surface area contributed by atoms with Crippen molar-refractivity contribution < 1.29 is 13.2 Å². The molecule has 0 unspecified atom stereocenters. The van der Waals surface area contributed by atoms with Crippen LogP contribution in [0.3, 0.4) is 0 Å². The Labute approximate surface area is 160 Å². The number of aryl methyl sites for hydroxylation is 2. The minimum atomic E-state index is -3.75. The van der Waals surface area contributed by atoms with Gasteiger partial charge in [-0.05, 0) is 61.7 Å². The number of halogens is 1. The monoisotopic (exact) mass is 394 g/mol. The molecule has 0 spiro atoms. The number of benzene rings is 2. The van der Waals surface area contributed by atoms with Crippen molar-refractivity contribution in [2.45, 2.75) is 31.7 Å². The van der Waals surface area contributed by atoms with E-state index in [4.69, 9.17) is 11.6 Å². The van der Waals surface area contributed by atoms with Crippen LogP contribution in [-0.4, -0.2) is 32.2 Å². The largest absolute Gasteiger partial charge is 0.348 e. The fourth-order valence-corrected chi connectivity index (χ4v) is 3.73. The Hall–Kier alpha value is -1.89. The number of hydrogen-bond donors (Lipinski definition) is 1. The summed E-state index contributed by atoms with van der Waals surface area (Å²) in [7, 11) is -2.37. The van der Waals surface area contributed by atoms with Crippen molar-refractivity contribution >= 4 is 27.5 Å². The summed E-state index contributed by atoms with van der Waals surface area (Å²) in [5.74, 6) is -0.365. The molecule has 5 nitrogen and oxygen atoms in total. The van der Waals surface area contributed by atoms with Gasteiger partial charge in [0.15, 0.2) is 0 Å². The summed E-state index contributed by atoms with van der Waals surface area (Å²) < 4.78 is 26.1. The number of hydrogen-bond acceptors (Lipinski definition) is 3. The van der Waals surface area contributed by atoms with Crippen molar-refractivity contribution in [3.63, 3.8) is 0 Å². The average Bonchev–Trinajstić information content (AvgIpc) is 2.57. The smallest absolute Gasteiger partial charge is 0.243 e. The van der Waals surface area contributed by atoms with Crippen LogP contribution in [0.1, 0.15) is 29.7 Å². The summed E-state index contributed by atoms with van der Waals surface area (Å²) >= 11 is 5.79. The normalized spacial score (nSPS) is 12.8. The molecule has 0 saturated heterocycles. The predicted octanol–water partition coefficient (Wildman–Crippen LogP) is 3.45. The van der Waals surface area contributed by atoms with E-state index in [2.05, 4.69) is 5.32 Å². The summed E-state index contributed by atoms with van der Waals surface area (Å²) in [5.41, 5.74) is 3.30. The molecule has 0 aromatic heterocycles. The molecule has 0 aliphatic rings. The van der Waals surface area contributed by atoms with E-state index in [1.165, 1.54) is 36.9 Å². The van der Waals surface area contributed by atoms with E-state index in [9.17, 15) is 13.2 Å². The molecule has 26 heavy (non-hydrogen) atoms. The Kier molecular flexibility index (Phi) is 6.44. The lowest BCUT2D eigenvalue weighted by Crippen LogP contribution is -2.39. The van der Waals surface area contributed by atoms with E-state index in [0.29, 0.717) is 5.02 Å². The topological polar surface area (TPSA) is 66.5 Å². The van der Waals surface area contributed by atoms with Gasteiger partial charge in [0.25, 0.3) is 0 Å². The number of nitrogens with zero attached hydrogens (tertiary/aromatic N) is 1. The molecular weight excluding hydrogens is 372 g/mol. The van der Waals surface area contributed by atoms with Crippen LogP contribution in [-0.2, 0) is 14.8 Å². The minimum Gasteiger partial charge on any atom is -0.348 e. The van der Waals surface area contributed by atoms with Crippen molar-refractivity contribution in [3.8, 4) is 0 Å². The van der Waals surface area contributed by atoms with Crippen molar-refractivity contribution in [2.24, 2.45) is 0 Å².